The number of hydrogen-bond donors (Lipinski definition) is 2. The van der Waals surface area contributed by atoms with Crippen LogP contribution in [0.5, 0.6) is 0 Å². The summed E-state index contributed by atoms with van der Waals surface area (Å²) in [6.07, 6.45) is 2.83. The van der Waals surface area contributed by atoms with Gasteiger partial charge >= 0.3 is 0 Å². The molecule has 1 unspecified atom stereocenters. The van der Waals surface area contributed by atoms with Crippen LogP contribution in [0.15, 0.2) is 30.3 Å². The minimum absolute atomic E-state index is 0.409. The molecule has 0 aliphatic heterocycles. The highest BCUT2D eigenvalue weighted by Crippen LogP contribution is 2.10. The Balaban J connectivity index is 1.99. The Hall–Kier alpha value is -1.10. The van der Waals surface area contributed by atoms with Crippen LogP contribution in [0.4, 0.5) is 5.69 Å². The summed E-state index contributed by atoms with van der Waals surface area (Å²) in [4.78, 5) is 2.24. The molecule has 0 spiro atoms. The molecule has 1 aromatic rings. The summed E-state index contributed by atoms with van der Waals surface area (Å²) in [6.45, 7) is 5.81. The molecular formula is C17H30N2O2. The molecule has 0 aromatic heterocycles. The van der Waals surface area contributed by atoms with E-state index in [4.69, 9.17) is 4.74 Å². The topological polar surface area (TPSA) is 44.7 Å². The standard InChI is InChI=1S/C17H30N2O2/c1-3-4-13-21-15-17(20)14-18-11-8-12-19(2)16-9-6-5-7-10-16/h5-7,9-10,17-18,20H,3-4,8,11-15H2,1-2H3. The van der Waals surface area contributed by atoms with Crippen molar-refractivity contribution in [3.63, 3.8) is 0 Å². The molecule has 0 aliphatic rings. The van der Waals surface area contributed by atoms with E-state index in [0.717, 1.165) is 39.0 Å². The summed E-state index contributed by atoms with van der Waals surface area (Å²) in [5, 5.41) is 13.0. The number of rotatable bonds is 12. The molecule has 1 atom stereocenters. The number of para-hydroxylation sites is 1. The van der Waals surface area contributed by atoms with Gasteiger partial charge in [-0.1, -0.05) is 31.5 Å². The normalized spacial score (nSPS) is 12.3. The molecular weight excluding hydrogens is 264 g/mol. The Kier molecular flexibility index (Phi) is 9.87. The fourth-order valence-electron chi connectivity index (χ4n) is 2.05. The van der Waals surface area contributed by atoms with Gasteiger partial charge in [0.25, 0.3) is 0 Å². The van der Waals surface area contributed by atoms with Crippen molar-refractivity contribution >= 4 is 5.69 Å². The number of nitrogens with one attached hydrogen (secondary N) is 1. The second kappa shape index (κ2) is 11.5. The molecule has 2 N–H and O–H groups in total. The smallest absolute Gasteiger partial charge is 0.0897 e. The van der Waals surface area contributed by atoms with Crippen LogP contribution in [0, 0.1) is 0 Å². The van der Waals surface area contributed by atoms with Gasteiger partial charge in [0.05, 0.1) is 12.7 Å². The third kappa shape index (κ3) is 8.71. The summed E-state index contributed by atoms with van der Waals surface area (Å²) in [6, 6.07) is 10.4. The van der Waals surface area contributed by atoms with Crippen molar-refractivity contribution in [2.75, 3.05) is 44.8 Å². The minimum Gasteiger partial charge on any atom is -0.389 e. The van der Waals surface area contributed by atoms with Gasteiger partial charge in [0.15, 0.2) is 0 Å². The molecule has 0 heterocycles. The van der Waals surface area contributed by atoms with Gasteiger partial charge in [-0.15, -0.1) is 0 Å². The molecule has 0 amide bonds. The number of aliphatic hydroxyl groups excluding tert-OH is 1. The van der Waals surface area contributed by atoms with Gasteiger partial charge in [-0.25, -0.2) is 0 Å². The molecule has 4 nitrogen and oxygen atoms in total. The van der Waals surface area contributed by atoms with Gasteiger partial charge in [0.1, 0.15) is 0 Å². The van der Waals surface area contributed by atoms with E-state index in [0.29, 0.717) is 13.2 Å². The first-order valence-corrected chi connectivity index (χ1v) is 7.96. The van der Waals surface area contributed by atoms with E-state index in [-0.39, 0.29) is 0 Å². The predicted molar refractivity (Wildman–Crippen MR) is 88.9 cm³/mol. The van der Waals surface area contributed by atoms with E-state index in [2.05, 4.69) is 48.5 Å². The SMILES string of the molecule is CCCCOCC(O)CNCCCN(C)c1ccccc1. The molecule has 1 aromatic carbocycles. The predicted octanol–water partition coefficient (Wildman–Crippen LogP) is 2.28. The highest BCUT2D eigenvalue weighted by Gasteiger charge is 2.04. The lowest BCUT2D eigenvalue weighted by Gasteiger charge is -2.19. The summed E-state index contributed by atoms with van der Waals surface area (Å²) >= 11 is 0. The van der Waals surface area contributed by atoms with Crippen molar-refractivity contribution < 1.29 is 9.84 Å². The molecule has 4 heteroatoms. The first-order chi connectivity index (χ1) is 10.2. The van der Waals surface area contributed by atoms with Gasteiger partial charge in [0.2, 0.25) is 0 Å². The molecule has 21 heavy (non-hydrogen) atoms. The average molecular weight is 294 g/mol. The maximum absolute atomic E-state index is 9.74. The monoisotopic (exact) mass is 294 g/mol. The van der Waals surface area contributed by atoms with Gasteiger partial charge in [-0.3, -0.25) is 0 Å². The van der Waals surface area contributed by atoms with Gasteiger partial charge in [-0.2, -0.15) is 0 Å². The van der Waals surface area contributed by atoms with Gasteiger partial charge in [0, 0.05) is 32.4 Å². The number of aliphatic hydroxyl groups is 1. The Bertz CT molecular complexity index is 346. The van der Waals surface area contributed by atoms with E-state index in [1.54, 1.807) is 0 Å². The summed E-state index contributed by atoms with van der Waals surface area (Å²) in [5.41, 5.74) is 1.24. The maximum Gasteiger partial charge on any atom is 0.0897 e. The second-order valence-corrected chi connectivity index (χ2v) is 5.40. The van der Waals surface area contributed by atoms with Crippen molar-refractivity contribution in [3.05, 3.63) is 30.3 Å². The largest absolute Gasteiger partial charge is 0.389 e. The van der Waals surface area contributed by atoms with E-state index < -0.39 is 6.10 Å². The van der Waals surface area contributed by atoms with E-state index >= 15 is 0 Å². The molecule has 0 aliphatic carbocycles. The number of ether oxygens (including phenoxy) is 1. The van der Waals surface area contributed by atoms with E-state index in [1.165, 1.54) is 5.69 Å². The van der Waals surface area contributed by atoms with E-state index in [1.807, 2.05) is 6.07 Å². The maximum atomic E-state index is 9.74. The Morgan fingerprint density at radius 3 is 2.71 bits per heavy atom. The summed E-state index contributed by atoms with van der Waals surface area (Å²) < 4.78 is 5.39. The van der Waals surface area contributed by atoms with Crippen LogP contribution in [0.2, 0.25) is 0 Å². The zero-order valence-electron chi connectivity index (χ0n) is 13.4. The van der Waals surface area contributed by atoms with Crippen LogP contribution in [0.3, 0.4) is 0 Å². The zero-order valence-corrected chi connectivity index (χ0v) is 13.4. The number of unbranched alkanes of at least 4 members (excludes halogenated alkanes) is 1. The summed E-state index contributed by atoms with van der Waals surface area (Å²) in [5.74, 6) is 0. The first-order valence-electron chi connectivity index (χ1n) is 7.96. The van der Waals surface area contributed by atoms with Crippen LogP contribution >= 0.6 is 0 Å². The molecule has 0 fully saturated rings. The van der Waals surface area contributed by atoms with Gasteiger partial charge < -0.3 is 20.1 Å². The number of benzene rings is 1. The van der Waals surface area contributed by atoms with Crippen molar-refractivity contribution in [2.24, 2.45) is 0 Å². The fourth-order valence-corrected chi connectivity index (χ4v) is 2.05. The Morgan fingerprint density at radius 1 is 1.24 bits per heavy atom. The number of nitrogens with zero attached hydrogens (tertiary/aromatic N) is 1. The van der Waals surface area contributed by atoms with Crippen molar-refractivity contribution in [3.8, 4) is 0 Å². The third-order valence-electron chi connectivity index (χ3n) is 3.38. The average Bonchev–Trinajstić information content (AvgIpc) is 2.52. The molecule has 0 saturated carbocycles. The Labute approximate surface area is 129 Å². The highest BCUT2D eigenvalue weighted by molar-refractivity contribution is 5.44. The van der Waals surface area contributed by atoms with E-state index in [9.17, 15) is 5.11 Å². The van der Waals surface area contributed by atoms with Crippen LogP contribution in [0.1, 0.15) is 26.2 Å². The lowest BCUT2D eigenvalue weighted by molar-refractivity contribution is 0.0360. The van der Waals surface area contributed by atoms with Gasteiger partial charge in [-0.05, 0) is 31.5 Å². The molecule has 0 saturated heterocycles. The number of hydrogen-bond acceptors (Lipinski definition) is 4. The Morgan fingerprint density at radius 2 is 2.00 bits per heavy atom. The van der Waals surface area contributed by atoms with Crippen LogP contribution in [-0.4, -0.2) is 51.1 Å². The fraction of sp³-hybridized carbons (Fsp3) is 0.647. The zero-order chi connectivity index (χ0) is 15.3. The lowest BCUT2D eigenvalue weighted by Crippen LogP contribution is -2.32. The van der Waals surface area contributed by atoms with Crippen LogP contribution in [-0.2, 0) is 4.74 Å². The quantitative estimate of drug-likeness (QED) is 0.581. The van der Waals surface area contributed by atoms with Crippen molar-refractivity contribution in [1.82, 2.24) is 5.32 Å². The van der Waals surface area contributed by atoms with Crippen LogP contribution in [0.25, 0.3) is 0 Å². The molecule has 120 valence electrons. The lowest BCUT2D eigenvalue weighted by atomic mass is 10.3. The number of anilines is 1. The first kappa shape index (κ1) is 18.0. The molecule has 0 bridgehead atoms. The third-order valence-corrected chi connectivity index (χ3v) is 3.38. The van der Waals surface area contributed by atoms with Crippen molar-refractivity contribution in [2.45, 2.75) is 32.3 Å². The molecule has 0 radical (unpaired) electrons. The second-order valence-electron chi connectivity index (χ2n) is 5.40. The molecule has 1 rings (SSSR count). The van der Waals surface area contributed by atoms with Crippen LogP contribution < -0.4 is 10.2 Å². The summed E-state index contributed by atoms with van der Waals surface area (Å²) in [7, 11) is 2.10. The highest BCUT2D eigenvalue weighted by atomic mass is 16.5. The van der Waals surface area contributed by atoms with Crippen molar-refractivity contribution in [1.29, 1.82) is 0 Å². The minimum atomic E-state index is -0.409.